The van der Waals surface area contributed by atoms with Crippen LogP contribution in [0.5, 0.6) is 0 Å². The number of nitrogens with zero attached hydrogens (tertiary/aromatic N) is 1. The van der Waals surface area contributed by atoms with Crippen LogP contribution in [0.15, 0.2) is 30.3 Å². The molecule has 0 radical (unpaired) electrons. The molecule has 31 heavy (non-hydrogen) atoms. The van der Waals surface area contributed by atoms with Gasteiger partial charge in [-0.1, -0.05) is 30.3 Å². The minimum atomic E-state index is -4.61. The lowest BCUT2D eigenvalue weighted by Crippen LogP contribution is -2.50. The zero-order valence-electron chi connectivity index (χ0n) is 17.5. The molecule has 2 atom stereocenters. The maximum atomic E-state index is 12.7. The quantitative estimate of drug-likeness (QED) is 0.675. The average Bonchev–Trinajstić information content (AvgIpc) is 3.07. The van der Waals surface area contributed by atoms with Gasteiger partial charge in [-0.25, -0.2) is 13.1 Å². The van der Waals surface area contributed by atoms with Gasteiger partial charge < -0.3 is 9.64 Å². The summed E-state index contributed by atoms with van der Waals surface area (Å²) in [5.41, 5.74) is 1.29. The third-order valence-corrected chi connectivity index (χ3v) is 6.76. The SMILES string of the molecule is CS(=O)(=O)N[C@@H]1CCN(C(=O)CC(F)(F)F)[C@@H]1COC1CCC(c2ccccc2)CC1. The van der Waals surface area contributed by atoms with E-state index in [-0.39, 0.29) is 25.7 Å². The fourth-order valence-electron chi connectivity index (χ4n) is 4.58. The molecular formula is C21H29F3N2O4S. The highest BCUT2D eigenvalue weighted by Crippen LogP contribution is 2.34. The van der Waals surface area contributed by atoms with Crippen molar-refractivity contribution >= 4 is 15.9 Å². The average molecular weight is 463 g/mol. The van der Waals surface area contributed by atoms with Crippen molar-refractivity contribution in [3.05, 3.63) is 35.9 Å². The Morgan fingerprint density at radius 3 is 2.35 bits per heavy atom. The molecule has 10 heteroatoms. The number of nitrogens with one attached hydrogen (secondary N) is 1. The van der Waals surface area contributed by atoms with Crippen LogP contribution in [0.1, 0.15) is 50.0 Å². The van der Waals surface area contributed by atoms with Crippen molar-refractivity contribution in [1.29, 1.82) is 0 Å². The Morgan fingerprint density at radius 1 is 1.13 bits per heavy atom. The van der Waals surface area contributed by atoms with Crippen molar-refractivity contribution in [2.24, 2.45) is 0 Å². The summed E-state index contributed by atoms with van der Waals surface area (Å²) >= 11 is 0. The van der Waals surface area contributed by atoms with Gasteiger partial charge in [0.2, 0.25) is 15.9 Å². The van der Waals surface area contributed by atoms with Gasteiger partial charge in [0, 0.05) is 12.6 Å². The fourth-order valence-corrected chi connectivity index (χ4v) is 5.40. The molecule has 1 heterocycles. The number of amides is 1. The van der Waals surface area contributed by atoms with E-state index in [1.54, 1.807) is 0 Å². The summed E-state index contributed by atoms with van der Waals surface area (Å²) in [7, 11) is -3.57. The monoisotopic (exact) mass is 462 g/mol. The standard InChI is InChI=1S/C21H29F3N2O4S/c1-31(28,29)25-18-11-12-26(20(27)13-21(22,23)24)19(18)14-30-17-9-7-16(8-10-17)15-5-3-2-4-6-15/h2-6,16-19,25H,7-14H2,1H3/t16?,17?,18-,19-/m1/s1. The number of hydrogen-bond donors (Lipinski definition) is 1. The molecule has 1 saturated heterocycles. The maximum Gasteiger partial charge on any atom is 0.397 e. The van der Waals surface area contributed by atoms with E-state index in [1.807, 2.05) is 18.2 Å². The molecule has 0 bridgehead atoms. The predicted octanol–water partition coefficient (Wildman–Crippen LogP) is 3.20. The van der Waals surface area contributed by atoms with E-state index in [2.05, 4.69) is 16.9 Å². The summed E-state index contributed by atoms with van der Waals surface area (Å²) in [6.45, 7) is 0.0777. The van der Waals surface area contributed by atoms with Gasteiger partial charge in [0.15, 0.2) is 0 Å². The number of sulfonamides is 1. The number of likely N-dealkylation sites (tertiary alicyclic amines) is 1. The minimum Gasteiger partial charge on any atom is -0.376 e. The fraction of sp³-hybridized carbons (Fsp3) is 0.667. The first kappa shape index (κ1) is 24.0. The molecule has 1 amide bonds. The van der Waals surface area contributed by atoms with Gasteiger partial charge >= 0.3 is 6.18 Å². The Balaban J connectivity index is 1.59. The van der Waals surface area contributed by atoms with Crippen molar-refractivity contribution in [3.8, 4) is 0 Å². The predicted molar refractivity (Wildman–Crippen MR) is 110 cm³/mol. The first-order valence-electron chi connectivity index (χ1n) is 10.5. The zero-order valence-corrected chi connectivity index (χ0v) is 18.3. The number of carbonyl (C=O) groups is 1. The summed E-state index contributed by atoms with van der Waals surface area (Å²) in [5.74, 6) is -0.594. The number of halogens is 3. The molecule has 3 rings (SSSR count). The Labute approximate surface area is 181 Å². The molecular weight excluding hydrogens is 433 g/mol. The van der Waals surface area contributed by atoms with E-state index in [4.69, 9.17) is 4.74 Å². The number of ether oxygens (including phenoxy) is 1. The van der Waals surface area contributed by atoms with Crippen molar-refractivity contribution in [2.75, 3.05) is 19.4 Å². The second-order valence-corrected chi connectivity index (χ2v) is 10.2. The van der Waals surface area contributed by atoms with Gasteiger partial charge in [0.1, 0.15) is 6.42 Å². The summed E-state index contributed by atoms with van der Waals surface area (Å²) in [4.78, 5) is 13.3. The van der Waals surface area contributed by atoms with E-state index >= 15 is 0 Å². The molecule has 2 aliphatic rings. The lowest BCUT2D eigenvalue weighted by atomic mass is 9.83. The van der Waals surface area contributed by atoms with E-state index in [1.165, 1.54) is 5.56 Å². The van der Waals surface area contributed by atoms with Gasteiger partial charge in [-0.05, 0) is 43.6 Å². The van der Waals surface area contributed by atoms with Gasteiger partial charge in [-0.15, -0.1) is 0 Å². The summed E-state index contributed by atoms with van der Waals surface area (Å²) in [5, 5.41) is 0. The van der Waals surface area contributed by atoms with Crippen molar-refractivity contribution in [1.82, 2.24) is 9.62 Å². The first-order valence-corrected chi connectivity index (χ1v) is 12.4. The number of rotatable bonds is 7. The van der Waals surface area contributed by atoms with Crippen LogP contribution in [-0.2, 0) is 19.6 Å². The van der Waals surface area contributed by atoms with Crippen LogP contribution in [0.3, 0.4) is 0 Å². The Kier molecular flexibility index (Phi) is 7.64. The van der Waals surface area contributed by atoms with Crippen molar-refractivity contribution in [2.45, 2.75) is 68.8 Å². The highest BCUT2D eigenvalue weighted by atomic mass is 32.2. The topological polar surface area (TPSA) is 75.7 Å². The molecule has 0 unspecified atom stereocenters. The molecule has 1 aliphatic carbocycles. The Hall–Kier alpha value is -1.65. The van der Waals surface area contributed by atoms with E-state index in [9.17, 15) is 26.4 Å². The number of alkyl halides is 3. The van der Waals surface area contributed by atoms with E-state index < -0.39 is 40.6 Å². The van der Waals surface area contributed by atoms with Gasteiger partial charge in [-0.2, -0.15) is 13.2 Å². The number of hydrogen-bond acceptors (Lipinski definition) is 4. The molecule has 0 spiro atoms. The third kappa shape index (κ3) is 7.18. The van der Waals surface area contributed by atoms with Crippen LogP contribution >= 0.6 is 0 Å². The maximum absolute atomic E-state index is 12.7. The normalized spacial score (nSPS) is 27.4. The molecule has 1 N–H and O–H groups in total. The van der Waals surface area contributed by atoms with Crippen LogP contribution in [0.2, 0.25) is 0 Å². The second kappa shape index (κ2) is 9.87. The van der Waals surface area contributed by atoms with Crippen molar-refractivity contribution < 1.29 is 31.1 Å². The number of benzene rings is 1. The zero-order chi connectivity index (χ0) is 22.6. The van der Waals surface area contributed by atoms with Crippen LogP contribution in [0.4, 0.5) is 13.2 Å². The summed E-state index contributed by atoms with van der Waals surface area (Å²) in [6, 6.07) is 8.81. The van der Waals surface area contributed by atoms with E-state index in [0.717, 1.165) is 36.8 Å². The lowest BCUT2D eigenvalue weighted by molar-refractivity contribution is -0.163. The molecule has 1 aromatic rings. The summed E-state index contributed by atoms with van der Waals surface area (Å²) in [6.07, 6.45) is -1.46. The number of carbonyl (C=O) groups excluding carboxylic acids is 1. The molecule has 2 fully saturated rings. The molecule has 6 nitrogen and oxygen atoms in total. The highest BCUT2D eigenvalue weighted by Gasteiger charge is 2.42. The third-order valence-electron chi connectivity index (χ3n) is 6.03. The summed E-state index contributed by atoms with van der Waals surface area (Å²) < 4.78 is 70.0. The molecule has 0 aromatic heterocycles. The largest absolute Gasteiger partial charge is 0.397 e. The van der Waals surface area contributed by atoms with Gasteiger partial charge in [0.05, 0.1) is 25.0 Å². The van der Waals surface area contributed by atoms with Gasteiger partial charge in [-0.3, -0.25) is 4.79 Å². The van der Waals surface area contributed by atoms with Crippen molar-refractivity contribution in [3.63, 3.8) is 0 Å². The lowest BCUT2D eigenvalue weighted by Gasteiger charge is -2.33. The smallest absolute Gasteiger partial charge is 0.376 e. The van der Waals surface area contributed by atoms with Crippen LogP contribution in [-0.4, -0.2) is 63.0 Å². The highest BCUT2D eigenvalue weighted by molar-refractivity contribution is 7.88. The van der Waals surface area contributed by atoms with E-state index in [0.29, 0.717) is 5.92 Å². The second-order valence-electron chi connectivity index (χ2n) is 8.45. The van der Waals surface area contributed by atoms with Crippen LogP contribution in [0, 0.1) is 0 Å². The first-order chi connectivity index (χ1) is 14.5. The molecule has 1 aliphatic heterocycles. The minimum absolute atomic E-state index is 0.0114. The molecule has 1 aromatic carbocycles. The Morgan fingerprint density at radius 2 is 1.77 bits per heavy atom. The Bertz CT molecular complexity index is 840. The molecule has 1 saturated carbocycles. The van der Waals surface area contributed by atoms with Gasteiger partial charge in [0.25, 0.3) is 0 Å². The van der Waals surface area contributed by atoms with Crippen LogP contribution in [0.25, 0.3) is 0 Å². The van der Waals surface area contributed by atoms with Crippen LogP contribution < -0.4 is 4.72 Å². The molecule has 174 valence electrons.